The number of carbonyl (C=O) groups excluding carboxylic acids is 1. The van der Waals surface area contributed by atoms with Crippen LogP contribution >= 0.6 is 23.2 Å². The first-order chi connectivity index (χ1) is 14.1. The van der Waals surface area contributed by atoms with E-state index in [0.29, 0.717) is 35.4 Å². The molecule has 3 nitrogen and oxygen atoms in total. The van der Waals surface area contributed by atoms with Crippen LogP contribution in [0.2, 0.25) is 10.0 Å². The Kier molecular flexibility index (Phi) is 6.08. The van der Waals surface area contributed by atoms with Crippen molar-refractivity contribution >= 4 is 29.1 Å². The second kappa shape index (κ2) is 8.89. The number of ether oxygens (including phenoxy) is 1. The highest BCUT2D eigenvalue weighted by Crippen LogP contribution is 2.36. The van der Waals surface area contributed by atoms with Crippen molar-refractivity contribution in [3.05, 3.63) is 99.5 Å². The number of carbonyl (C=O) groups is 1. The molecule has 0 bridgehead atoms. The molecule has 0 radical (unpaired) electrons. The topological polar surface area (TPSA) is 29.5 Å². The summed E-state index contributed by atoms with van der Waals surface area (Å²) in [4.78, 5) is 15.1. The number of nitrogens with zero attached hydrogens (tertiary/aromatic N) is 1. The van der Waals surface area contributed by atoms with E-state index in [9.17, 15) is 4.79 Å². The van der Waals surface area contributed by atoms with Crippen molar-refractivity contribution in [2.45, 2.75) is 18.9 Å². The van der Waals surface area contributed by atoms with E-state index in [1.807, 2.05) is 41.3 Å². The normalized spacial score (nSPS) is 15.7. The lowest BCUT2D eigenvalue weighted by Crippen LogP contribution is -2.41. The molecule has 0 aliphatic carbocycles. The third-order valence-electron chi connectivity index (χ3n) is 5.17. The first kappa shape index (κ1) is 19.8. The van der Waals surface area contributed by atoms with Gasteiger partial charge in [0.15, 0.2) is 0 Å². The predicted octanol–water partition coefficient (Wildman–Crippen LogP) is 5.94. The minimum Gasteiger partial charge on any atom is -0.493 e. The van der Waals surface area contributed by atoms with Crippen molar-refractivity contribution in [3.63, 3.8) is 0 Å². The maximum absolute atomic E-state index is 13.1. The van der Waals surface area contributed by atoms with Gasteiger partial charge in [0.1, 0.15) is 5.75 Å². The Morgan fingerprint density at radius 1 is 0.966 bits per heavy atom. The average molecular weight is 426 g/mol. The first-order valence-corrected chi connectivity index (χ1v) is 10.4. The average Bonchev–Trinajstić information content (AvgIpc) is 2.74. The van der Waals surface area contributed by atoms with E-state index in [4.69, 9.17) is 27.9 Å². The number of amides is 1. The number of rotatable bonds is 5. The molecule has 29 heavy (non-hydrogen) atoms. The quantitative estimate of drug-likeness (QED) is 0.506. The lowest BCUT2D eigenvalue weighted by Gasteiger charge is -2.38. The van der Waals surface area contributed by atoms with Gasteiger partial charge in [0, 0.05) is 16.6 Å². The zero-order chi connectivity index (χ0) is 20.2. The fourth-order valence-corrected chi connectivity index (χ4v) is 4.13. The van der Waals surface area contributed by atoms with Gasteiger partial charge < -0.3 is 9.64 Å². The molecule has 4 rings (SSSR count). The molecular formula is C24H21Cl2NO2. The summed E-state index contributed by atoms with van der Waals surface area (Å²) >= 11 is 12.1. The molecule has 0 saturated carbocycles. The largest absolute Gasteiger partial charge is 0.493 e. The minimum absolute atomic E-state index is 0.0680. The molecule has 1 amide bonds. The number of hydrogen-bond acceptors (Lipinski definition) is 2. The highest BCUT2D eigenvalue weighted by molar-refractivity contribution is 6.30. The van der Waals surface area contributed by atoms with E-state index in [1.54, 1.807) is 24.3 Å². The Morgan fingerprint density at radius 3 is 2.55 bits per heavy atom. The van der Waals surface area contributed by atoms with E-state index < -0.39 is 0 Å². The van der Waals surface area contributed by atoms with Crippen LogP contribution in [0.4, 0.5) is 0 Å². The van der Waals surface area contributed by atoms with E-state index in [2.05, 4.69) is 12.1 Å². The van der Waals surface area contributed by atoms with Crippen LogP contribution in [0.25, 0.3) is 0 Å². The van der Waals surface area contributed by atoms with Crippen LogP contribution in [0.3, 0.4) is 0 Å². The van der Waals surface area contributed by atoms with E-state index in [0.717, 1.165) is 17.5 Å². The monoisotopic (exact) mass is 425 g/mol. The third kappa shape index (κ3) is 4.58. The molecule has 0 fully saturated rings. The van der Waals surface area contributed by atoms with Crippen LogP contribution in [0.15, 0.2) is 72.8 Å². The molecule has 0 saturated heterocycles. The molecule has 5 heteroatoms. The number of halogens is 2. The summed E-state index contributed by atoms with van der Waals surface area (Å²) < 4.78 is 5.72. The summed E-state index contributed by atoms with van der Waals surface area (Å²) in [5.41, 5.74) is 3.46. The highest BCUT2D eigenvalue weighted by atomic mass is 35.5. The summed E-state index contributed by atoms with van der Waals surface area (Å²) in [6.07, 6.45) is 1.15. The molecule has 0 N–H and O–H groups in total. The van der Waals surface area contributed by atoms with Gasteiger partial charge in [-0.15, -0.1) is 0 Å². The summed E-state index contributed by atoms with van der Waals surface area (Å²) in [7, 11) is 0. The van der Waals surface area contributed by atoms with Gasteiger partial charge in [-0.2, -0.15) is 0 Å². The summed E-state index contributed by atoms with van der Waals surface area (Å²) in [6, 6.07) is 23.1. The van der Waals surface area contributed by atoms with Gasteiger partial charge in [-0.1, -0.05) is 59.6 Å². The smallest absolute Gasteiger partial charge is 0.226 e. The van der Waals surface area contributed by atoms with E-state index in [-0.39, 0.29) is 11.9 Å². The fourth-order valence-electron chi connectivity index (χ4n) is 3.80. The van der Waals surface area contributed by atoms with Gasteiger partial charge in [0.05, 0.1) is 19.1 Å². The van der Waals surface area contributed by atoms with Crippen LogP contribution in [0.1, 0.15) is 29.2 Å². The van der Waals surface area contributed by atoms with Crippen molar-refractivity contribution in [2.24, 2.45) is 0 Å². The maximum Gasteiger partial charge on any atom is 0.226 e. The Labute approximate surface area is 180 Å². The lowest BCUT2D eigenvalue weighted by molar-refractivity contribution is -0.133. The predicted molar refractivity (Wildman–Crippen MR) is 117 cm³/mol. The Balaban J connectivity index is 1.53. The first-order valence-electron chi connectivity index (χ1n) is 9.63. The van der Waals surface area contributed by atoms with Crippen molar-refractivity contribution < 1.29 is 9.53 Å². The van der Waals surface area contributed by atoms with Gasteiger partial charge in [0.2, 0.25) is 5.91 Å². The molecule has 3 aromatic rings. The standard InChI is InChI=1S/C24H21Cl2NO2/c25-19-8-10-21(11-9-19)29-15-13-23(28)27-14-12-17-4-1-2-7-22(17)24(27)18-5-3-6-20(26)16-18/h1-11,16,24H,12-15H2. The van der Waals surface area contributed by atoms with Crippen LogP contribution in [0.5, 0.6) is 5.75 Å². The summed E-state index contributed by atoms with van der Waals surface area (Å²) in [5, 5.41) is 1.33. The van der Waals surface area contributed by atoms with Crippen molar-refractivity contribution in [1.29, 1.82) is 0 Å². The number of fused-ring (bicyclic) bond motifs is 1. The van der Waals surface area contributed by atoms with Crippen molar-refractivity contribution in [2.75, 3.05) is 13.2 Å². The molecule has 1 atom stereocenters. The zero-order valence-corrected chi connectivity index (χ0v) is 17.4. The van der Waals surface area contributed by atoms with Crippen LogP contribution in [-0.4, -0.2) is 24.0 Å². The lowest BCUT2D eigenvalue weighted by atomic mass is 9.88. The Morgan fingerprint density at radius 2 is 1.76 bits per heavy atom. The minimum atomic E-state index is -0.137. The van der Waals surface area contributed by atoms with Crippen molar-refractivity contribution in [3.8, 4) is 5.75 Å². The maximum atomic E-state index is 13.1. The molecule has 1 unspecified atom stereocenters. The fraction of sp³-hybridized carbons (Fsp3) is 0.208. The van der Waals surface area contributed by atoms with Crippen LogP contribution in [0, 0.1) is 0 Å². The molecule has 1 aliphatic heterocycles. The van der Waals surface area contributed by atoms with Crippen LogP contribution in [-0.2, 0) is 11.2 Å². The van der Waals surface area contributed by atoms with Gasteiger partial charge >= 0.3 is 0 Å². The zero-order valence-electron chi connectivity index (χ0n) is 15.9. The second-order valence-electron chi connectivity index (χ2n) is 7.05. The Hall–Kier alpha value is -2.49. The third-order valence-corrected chi connectivity index (χ3v) is 5.65. The molecule has 1 heterocycles. The van der Waals surface area contributed by atoms with Gasteiger partial charge in [-0.3, -0.25) is 4.79 Å². The second-order valence-corrected chi connectivity index (χ2v) is 7.92. The van der Waals surface area contributed by atoms with Crippen LogP contribution < -0.4 is 4.74 Å². The summed E-state index contributed by atoms with van der Waals surface area (Å²) in [5.74, 6) is 0.774. The molecule has 0 aromatic heterocycles. The van der Waals surface area contributed by atoms with E-state index >= 15 is 0 Å². The summed E-state index contributed by atoms with van der Waals surface area (Å²) in [6.45, 7) is 0.995. The van der Waals surface area contributed by atoms with E-state index in [1.165, 1.54) is 5.56 Å². The molecular weight excluding hydrogens is 405 g/mol. The Bertz CT molecular complexity index is 1000. The van der Waals surface area contributed by atoms with Gasteiger partial charge in [0.25, 0.3) is 0 Å². The van der Waals surface area contributed by atoms with Gasteiger partial charge in [-0.25, -0.2) is 0 Å². The van der Waals surface area contributed by atoms with Crippen molar-refractivity contribution in [1.82, 2.24) is 4.90 Å². The number of hydrogen-bond donors (Lipinski definition) is 0. The molecule has 1 aliphatic rings. The van der Waals surface area contributed by atoms with Gasteiger partial charge in [-0.05, 0) is 59.5 Å². The SMILES string of the molecule is O=C(CCOc1ccc(Cl)cc1)N1CCc2ccccc2C1c1cccc(Cl)c1. The molecule has 0 spiro atoms. The highest BCUT2D eigenvalue weighted by Gasteiger charge is 2.31. The number of benzene rings is 3. The molecule has 148 valence electrons. The molecule has 3 aromatic carbocycles.